The molecule has 104 valence electrons. The van der Waals surface area contributed by atoms with Crippen molar-refractivity contribution in [3.8, 4) is 0 Å². The van der Waals surface area contributed by atoms with Gasteiger partial charge in [-0.3, -0.25) is 4.79 Å². The number of piperidine rings is 1. The summed E-state index contributed by atoms with van der Waals surface area (Å²) in [6, 6.07) is 8.21. The van der Waals surface area contributed by atoms with E-state index >= 15 is 0 Å². The molecule has 0 saturated carbocycles. The fourth-order valence-electron chi connectivity index (χ4n) is 2.69. The van der Waals surface area contributed by atoms with E-state index in [1.165, 1.54) is 18.4 Å². The van der Waals surface area contributed by atoms with Gasteiger partial charge in [0.25, 0.3) is 0 Å². The van der Waals surface area contributed by atoms with Gasteiger partial charge in [-0.1, -0.05) is 29.8 Å². The van der Waals surface area contributed by atoms with E-state index in [0.717, 1.165) is 25.2 Å². The van der Waals surface area contributed by atoms with Crippen LogP contribution in [0.1, 0.15) is 24.0 Å². The van der Waals surface area contributed by atoms with Gasteiger partial charge in [0.2, 0.25) is 5.91 Å². The summed E-state index contributed by atoms with van der Waals surface area (Å²) in [7, 11) is 1.93. The smallest absolute Gasteiger partial charge is 0.226 e. The van der Waals surface area contributed by atoms with E-state index < -0.39 is 0 Å². The molecule has 0 aliphatic carbocycles. The molecule has 1 aliphatic heterocycles. The lowest BCUT2D eigenvalue weighted by molar-refractivity contribution is -0.129. The topological polar surface area (TPSA) is 32.3 Å². The van der Waals surface area contributed by atoms with Crippen molar-refractivity contribution in [2.45, 2.75) is 26.2 Å². The minimum atomic E-state index is 0.226. The maximum absolute atomic E-state index is 12.2. The molecule has 1 saturated heterocycles. The Morgan fingerprint density at radius 2 is 2.11 bits per heavy atom. The molecule has 0 aromatic heterocycles. The SMILES string of the molecule is Cc1cccc(CC(=O)N(C)CC2CCNCC2)c1. The number of benzene rings is 1. The van der Waals surface area contributed by atoms with Crippen molar-refractivity contribution in [3.63, 3.8) is 0 Å². The zero-order valence-corrected chi connectivity index (χ0v) is 12.0. The first-order chi connectivity index (χ1) is 9.15. The highest BCUT2D eigenvalue weighted by molar-refractivity contribution is 5.78. The number of rotatable bonds is 4. The predicted octanol–water partition coefficient (Wildman–Crippen LogP) is 2.00. The number of hydrogen-bond acceptors (Lipinski definition) is 2. The quantitative estimate of drug-likeness (QED) is 0.898. The second kappa shape index (κ2) is 6.71. The van der Waals surface area contributed by atoms with Gasteiger partial charge in [-0.25, -0.2) is 0 Å². The van der Waals surface area contributed by atoms with Crippen LogP contribution in [0.5, 0.6) is 0 Å². The second-order valence-corrected chi connectivity index (χ2v) is 5.63. The monoisotopic (exact) mass is 260 g/mol. The summed E-state index contributed by atoms with van der Waals surface area (Å²) in [5.74, 6) is 0.886. The molecule has 0 unspecified atom stereocenters. The minimum absolute atomic E-state index is 0.226. The van der Waals surface area contributed by atoms with Crippen LogP contribution in [0, 0.1) is 12.8 Å². The van der Waals surface area contributed by atoms with E-state index in [2.05, 4.69) is 24.4 Å². The van der Waals surface area contributed by atoms with Gasteiger partial charge in [-0.2, -0.15) is 0 Å². The Balaban J connectivity index is 1.84. The van der Waals surface area contributed by atoms with Gasteiger partial charge in [-0.15, -0.1) is 0 Å². The molecule has 1 amide bonds. The first kappa shape index (κ1) is 14.1. The third-order valence-electron chi connectivity index (χ3n) is 3.85. The van der Waals surface area contributed by atoms with Crippen molar-refractivity contribution in [3.05, 3.63) is 35.4 Å². The molecule has 1 aliphatic rings. The number of aryl methyl sites for hydroxylation is 1. The molecular formula is C16H24N2O. The Hall–Kier alpha value is -1.35. The van der Waals surface area contributed by atoms with Gasteiger partial charge >= 0.3 is 0 Å². The Morgan fingerprint density at radius 3 is 2.79 bits per heavy atom. The maximum Gasteiger partial charge on any atom is 0.226 e. The van der Waals surface area contributed by atoms with Gasteiger partial charge in [0.05, 0.1) is 6.42 Å². The number of nitrogens with one attached hydrogen (secondary N) is 1. The summed E-state index contributed by atoms with van der Waals surface area (Å²) >= 11 is 0. The van der Waals surface area contributed by atoms with Crippen LogP contribution < -0.4 is 5.32 Å². The minimum Gasteiger partial charge on any atom is -0.345 e. The summed E-state index contributed by atoms with van der Waals surface area (Å²) in [6.07, 6.45) is 2.88. The molecule has 1 aromatic rings. The van der Waals surface area contributed by atoms with Crippen LogP contribution in [-0.4, -0.2) is 37.5 Å². The Bertz CT molecular complexity index is 425. The van der Waals surface area contributed by atoms with Crippen LogP contribution in [0.3, 0.4) is 0 Å². The van der Waals surface area contributed by atoms with Crippen molar-refractivity contribution in [2.75, 3.05) is 26.7 Å². The van der Waals surface area contributed by atoms with Crippen LogP contribution in [-0.2, 0) is 11.2 Å². The molecule has 19 heavy (non-hydrogen) atoms. The van der Waals surface area contributed by atoms with E-state index in [1.807, 2.05) is 24.1 Å². The average molecular weight is 260 g/mol. The first-order valence-corrected chi connectivity index (χ1v) is 7.15. The molecule has 3 heteroatoms. The lowest BCUT2D eigenvalue weighted by Crippen LogP contribution is -2.37. The van der Waals surface area contributed by atoms with Crippen LogP contribution in [0.2, 0.25) is 0 Å². The summed E-state index contributed by atoms with van der Waals surface area (Å²) in [5, 5.41) is 3.36. The highest BCUT2D eigenvalue weighted by atomic mass is 16.2. The Labute approximate surface area is 116 Å². The molecule has 1 fully saturated rings. The maximum atomic E-state index is 12.2. The number of carbonyl (C=O) groups excluding carboxylic acids is 1. The summed E-state index contributed by atoms with van der Waals surface area (Å²) in [6.45, 7) is 5.13. The molecule has 1 N–H and O–H groups in total. The van der Waals surface area contributed by atoms with E-state index in [4.69, 9.17) is 0 Å². The largest absolute Gasteiger partial charge is 0.345 e. The summed E-state index contributed by atoms with van der Waals surface area (Å²) in [4.78, 5) is 14.1. The summed E-state index contributed by atoms with van der Waals surface area (Å²) < 4.78 is 0. The molecule has 1 aromatic carbocycles. The number of likely N-dealkylation sites (N-methyl/N-ethyl adjacent to an activating group) is 1. The van der Waals surface area contributed by atoms with Gasteiger partial charge in [0.15, 0.2) is 0 Å². The van der Waals surface area contributed by atoms with Gasteiger partial charge in [0.1, 0.15) is 0 Å². The third-order valence-corrected chi connectivity index (χ3v) is 3.85. The average Bonchev–Trinajstić information content (AvgIpc) is 2.40. The molecule has 1 heterocycles. The number of amides is 1. The van der Waals surface area contributed by atoms with Crippen molar-refractivity contribution in [2.24, 2.45) is 5.92 Å². The Morgan fingerprint density at radius 1 is 1.37 bits per heavy atom. The van der Waals surface area contributed by atoms with E-state index in [0.29, 0.717) is 12.3 Å². The van der Waals surface area contributed by atoms with Gasteiger partial charge in [-0.05, 0) is 44.3 Å². The predicted molar refractivity (Wildman–Crippen MR) is 78.1 cm³/mol. The van der Waals surface area contributed by atoms with Crippen molar-refractivity contribution in [1.29, 1.82) is 0 Å². The normalized spacial score (nSPS) is 16.3. The van der Waals surface area contributed by atoms with Gasteiger partial charge < -0.3 is 10.2 Å². The molecule has 2 rings (SSSR count). The number of nitrogens with zero attached hydrogens (tertiary/aromatic N) is 1. The lowest BCUT2D eigenvalue weighted by atomic mass is 9.97. The van der Waals surface area contributed by atoms with Crippen LogP contribution >= 0.6 is 0 Å². The zero-order valence-electron chi connectivity index (χ0n) is 12.0. The zero-order chi connectivity index (χ0) is 13.7. The van der Waals surface area contributed by atoms with Gasteiger partial charge in [0, 0.05) is 13.6 Å². The fourth-order valence-corrected chi connectivity index (χ4v) is 2.69. The standard InChI is InChI=1S/C16H24N2O/c1-13-4-3-5-15(10-13)11-16(19)18(2)12-14-6-8-17-9-7-14/h3-5,10,14,17H,6-9,11-12H2,1-2H3. The molecule has 0 radical (unpaired) electrons. The van der Waals surface area contributed by atoms with Crippen molar-refractivity contribution in [1.82, 2.24) is 10.2 Å². The van der Waals surface area contributed by atoms with Crippen LogP contribution in [0.25, 0.3) is 0 Å². The van der Waals surface area contributed by atoms with E-state index in [9.17, 15) is 4.79 Å². The molecule has 0 atom stereocenters. The van der Waals surface area contributed by atoms with E-state index in [1.54, 1.807) is 0 Å². The third kappa shape index (κ3) is 4.35. The number of carbonyl (C=O) groups is 1. The van der Waals surface area contributed by atoms with Crippen molar-refractivity contribution < 1.29 is 4.79 Å². The number of hydrogen-bond donors (Lipinski definition) is 1. The first-order valence-electron chi connectivity index (χ1n) is 7.15. The van der Waals surface area contributed by atoms with E-state index in [-0.39, 0.29) is 5.91 Å². The van der Waals surface area contributed by atoms with Crippen molar-refractivity contribution >= 4 is 5.91 Å². The molecule has 0 bridgehead atoms. The van der Waals surface area contributed by atoms with Crippen LogP contribution in [0.4, 0.5) is 0 Å². The highest BCUT2D eigenvalue weighted by Gasteiger charge is 2.18. The highest BCUT2D eigenvalue weighted by Crippen LogP contribution is 2.13. The Kier molecular flexibility index (Phi) is 4.97. The molecular weight excluding hydrogens is 236 g/mol. The molecule has 3 nitrogen and oxygen atoms in total. The lowest BCUT2D eigenvalue weighted by Gasteiger charge is -2.27. The second-order valence-electron chi connectivity index (χ2n) is 5.63. The summed E-state index contributed by atoms with van der Waals surface area (Å²) in [5.41, 5.74) is 2.33. The fraction of sp³-hybridized carbons (Fsp3) is 0.562. The molecule has 0 spiro atoms. The van der Waals surface area contributed by atoms with Crippen LogP contribution in [0.15, 0.2) is 24.3 Å².